The SMILES string of the molecule is CN.O=C(Oc1ccccn1)C(F)(F)F. The Balaban J connectivity index is 0.000000921. The number of rotatable bonds is 1. The molecule has 1 rings (SSSR count). The van der Waals surface area contributed by atoms with E-state index in [4.69, 9.17) is 0 Å². The van der Waals surface area contributed by atoms with Gasteiger partial charge in [-0.1, -0.05) is 6.07 Å². The third kappa shape index (κ3) is 4.96. The molecule has 1 heterocycles. The molecule has 0 unspecified atom stereocenters. The molecule has 0 aliphatic heterocycles. The molecular formula is C8H9F3N2O2. The van der Waals surface area contributed by atoms with Crippen LogP contribution in [0.4, 0.5) is 13.2 Å². The zero-order chi connectivity index (χ0) is 11.9. The van der Waals surface area contributed by atoms with E-state index in [0.29, 0.717) is 0 Å². The summed E-state index contributed by atoms with van der Waals surface area (Å²) in [5.41, 5.74) is 4.50. The van der Waals surface area contributed by atoms with Crippen molar-refractivity contribution in [1.29, 1.82) is 0 Å². The molecule has 0 bridgehead atoms. The fraction of sp³-hybridized carbons (Fsp3) is 0.250. The highest BCUT2D eigenvalue weighted by Gasteiger charge is 2.41. The maximum atomic E-state index is 11.6. The highest BCUT2D eigenvalue weighted by atomic mass is 19.4. The first kappa shape index (κ1) is 13.4. The topological polar surface area (TPSA) is 65.2 Å². The lowest BCUT2D eigenvalue weighted by atomic mass is 10.5. The number of esters is 1. The van der Waals surface area contributed by atoms with Gasteiger partial charge in [0.2, 0.25) is 5.88 Å². The van der Waals surface area contributed by atoms with E-state index in [1.54, 1.807) is 0 Å². The average molecular weight is 222 g/mol. The van der Waals surface area contributed by atoms with Gasteiger partial charge < -0.3 is 10.5 Å². The van der Waals surface area contributed by atoms with Gasteiger partial charge in [0.1, 0.15) is 0 Å². The van der Waals surface area contributed by atoms with Crippen LogP contribution in [-0.4, -0.2) is 24.2 Å². The Hall–Kier alpha value is -1.63. The number of aromatic nitrogens is 1. The molecule has 15 heavy (non-hydrogen) atoms. The van der Waals surface area contributed by atoms with Crippen molar-refractivity contribution in [2.45, 2.75) is 6.18 Å². The summed E-state index contributed by atoms with van der Waals surface area (Å²) in [6.07, 6.45) is -3.77. The second kappa shape index (κ2) is 5.97. The number of hydrogen-bond donors (Lipinski definition) is 1. The molecule has 0 saturated heterocycles. The maximum absolute atomic E-state index is 11.6. The number of pyridine rings is 1. The van der Waals surface area contributed by atoms with Crippen LogP contribution in [0.15, 0.2) is 24.4 Å². The molecule has 0 radical (unpaired) electrons. The van der Waals surface area contributed by atoms with E-state index >= 15 is 0 Å². The minimum atomic E-state index is -4.99. The largest absolute Gasteiger partial charge is 0.491 e. The molecule has 0 aliphatic rings. The Labute approximate surface area is 83.9 Å². The lowest BCUT2D eigenvalue weighted by Gasteiger charge is -2.04. The van der Waals surface area contributed by atoms with Crippen molar-refractivity contribution in [2.24, 2.45) is 5.73 Å². The standard InChI is InChI=1S/C7H4F3NO2.CH5N/c8-7(9,10)6(12)13-5-3-1-2-4-11-5;1-2/h1-4H;2H2,1H3. The van der Waals surface area contributed by atoms with Gasteiger partial charge in [-0.25, -0.2) is 9.78 Å². The van der Waals surface area contributed by atoms with Crippen molar-refractivity contribution in [3.63, 3.8) is 0 Å². The second-order valence-corrected chi connectivity index (χ2v) is 2.06. The number of ether oxygens (including phenoxy) is 1. The zero-order valence-electron chi connectivity index (χ0n) is 7.78. The third-order valence-corrected chi connectivity index (χ3v) is 1.07. The lowest BCUT2D eigenvalue weighted by molar-refractivity contribution is -0.190. The molecular weight excluding hydrogens is 213 g/mol. The summed E-state index contributed by atoms with van der Waals surface area (Å²) >= 11 is 0. The monoisotopic (exact) mass is 222 g/mol. The van der Waals surface area contributed by atoms with E-state index in [1.165, 1.54) is 25.4 Å². The molecule has 7 heteroatoms. The number of carbonyl (C=O) groups excluding carboxylic acids is 1. The fourth-order valence-electron chi connectivity index (χ4n) is 0.560. The Morgan fingerprint density at radius 3 is 2.40 bits per heavy atom. The Kier molecular flexibility index (Phi) is 5.32. The van der Waals surface area contributed by atoms with Gasteiger partial charge in [0.05, 0.1) is 0 Å². The van der Waals surface area contributed by atoms with Gasteiger partial charge in [-0.05, 0) is 13.1 Å². The van der Waals surface area contributed by atoms with Gasteiger partial charge >= 0.3 is 12.1 Å². The summed E-state index contributed by atoms with van der Waals surface area (Å²) < 4.78 is 38.8. The van der Waals surface area contributed by atoms with Crippen LogP contribution in [0.5, 0.6) is 5.88 Å². The average Bonchev–Trinajstić information content (AvgIpc) is 2.21. The predicted octanol–water partition coefficient (Wildman–Crippen LogP) is 1.12. The first-order valence-corrected chi connectivity index (χ1v) is 3.78. The number of alkyl halides is 3. The summed E-state index contributed by atoms with van der Waals surface area (Å²) in [4.78, 5) is 13.6. The molecule has 1 aromatic rings. The maximum Gasteiger partial charge on any atom is 0.491 e. The number of halogens is 3. The molecule has 0 amide bonds. The van der Waals surface area contributed by atoms with Crippen molar-refractivity contribution in [3.8, 4) is 5.88 Å². The van der Waals surface area contributed by atoms with Crippen molar-refractivity contribution in [2.75, 3.05) is 7.05 Å². The van der Waals surface area contributed by atoms with Crippen LogP contribution < -0.4 is 10.5 Å². The van der Waals surface area contributed by atoms with Crippen molar-refractivity contribution < 1.29 is 22.7 Å². The molecule has 2 N–H and O–H groups in total. The first-order chi connectivity index (χ1) is 7.00. The van der Waals surface area contributed by atoms with Crippen LogP contribution in [0, 0.1) is 0 Å². The molecule has 4 nitrogen and oxygen atoms in total. The minimum Gasteiger partial charge on any atom is -0.401 e. The van der Waals surface area contributed by atoms with Crippen LogP contribution in [0.2, 0.25) is 0 Å². The van der Waals surface area contributed by atoms with E-state index in [2.05, 4.69) is 15.5 Å². The molecule has 0 saturated carbocycles. The highest BCUT2D eigenvalue weighted by molar-refractivity contribution is 5.77. The summed E-state index contributed by atoms with van der Waals surface area (Å²) in [5, 5.41) is 0. The smallest absolute Gasteiger partial charge is 0.401 e. The van der Waals surface area contributed by atoms with Crippen molar-refractivity contribution in [1.82, 2.24) is 4.98 Å². The van der Waals surface area contributed by atoms with E-state index in [0.717, 1.165) is 6.07 Å². The third-order valence-electron chi connectivity index (χ3n) is 1.07. The number of hydrogen-bond acceptors (Lipinski definition) is 4. The van der Waals surface area contributed by atoms with Crippen LogP contribution in [0.1, 0.15) is 0 Å². The summed E-state index contributed by atoms with van der Waals surface area (Å²) in [7, 11) is 1.50. The van der Waals surface area contributed by atoms with E-state index in [-0.39, 0.29) is 5.88 Å². The number of carbonyl (C=O) groups is 1. The zero-order valence-corrected chi connectivity index (χ0v) is 7.78. The van der Waals surface area contributed by atoms with Crippen LogP contribution in [0.25, 0.3) is 0 Å². The van der Waals surface area contributed by atoms with Crippen LogP contribution >= 0.6 is 0 Å². The van der Waals surface area contributed by atoms with E-state index in [9.17, 15) is 18.0 Å². The van der Waals surface area contributed by atoms with Gasteiger partial charge in [0, 0.05) is 12.3 Å². The van der Waals surface area contributed by atoms with E-state index < -0.39 is 12.1 Å². The quantitative estimate of drug-likeness (QED) is 0.723. The van der Waals surface area contributed by atoms with Gasteiger partial charge in [-0.15, -0.1) is 0 Å². The predicted molar refractivity (Wildman–Crippen MR) is 46.0 cm³/mol. The molecule has 0 aromatic carbocycles. The van der Waals surface area contributed by atoms with Crippen LogP contribution in [-0.2, 0) is 4.79 Å². The molecule has 1 aromatic heterocycles. The normalized spacial score (nSPS) is 9.93. The first-order valence-electron chi connectivity index (χ1n) is 3.78. The molecule has 0 atom stereocenters. The van der Waals surface area contributed by atoms with Gasteiger partial charge in [0.15, 0.2) is 0 Å². The number of nitrogens with zero attached hydrogens (tertiary/aromatic N) is 1. The van der Waals surface area contributed by atoms with Crippen molar-refractivity contribution >= 4 is 5.97 Å². The van der Waals surface area contributed by atoms with Gasteiger partial charge in [0.25, 0.3) is 0 Å². The van der Waals surface area contributed by atoms with E-state index in [1.807, 2.05) is 0 Å². The molecule has 0 fully saturated rings. The summed E-state index contributed by atoms with van der Waals surface area (Å²) in [5.74, 6) is -2.64. The number of nitrogens with two attached hydrogens (primary N) is 1. The lowest BCUT2D eigenvalue weighted by Crippen LogP contribution is -2.28. The second-order valence-electron chi connectivity index (χ2n) is 2.06. The Morgan fingerprint density at radius 1 is 1.40 bits per heavy atom. The summed E-state index contributed by atoms with van der Waals surface area (Å²) in [6, 6.07) is 4.06. The molecule has 0 aliphatic carbocycles. The molecule has 0 spiro atoms. The van der Waals surface area contributed by atoms with Gasteiger partial charge in [-0.3, -0.25) is 0 Å². The minimum absolute atomic E-state index is 0.371. The Morgan fingerprint density at radius 2 is 2.00 bits per heavy atom. The van der Waals surface area contributed by atoms with Crippen LogP contribution in [0.3, 0.4) is 0 Å². The van der Waals surface area contributed by atoms with Crippen molar-refractivity contribution in [3.05, 3.63) is 24.4 Å². The molecule has 84 valence electrons. The Bertz CT molecular complexity index is 301. The highest BCUT2D eigenvalue weighted by Crippen LogP contribution is 2.17. The fourth-order valence-corrected chi connectivity index (χ4v) is 0.560. The summed E-state index contributed by atoms with van der Waals surface area (Å²) in [6.45, 7) is 0. The van der Waals surface area contributed by atoms with Gasteiger partial charge in [-0.2, -0.15) is 13.2 Å².